The van der Waals surface area contributed by atoms with E-state index in [4.69, 9.17) is 23.2 Å². The van der Waals surface area contributed by atoms with Crippen LogP contribution in [0.4, 0.5) is 0 Å². The van der Waals surface area contributed by atoms with Gasteiger partial charge in [0, 0.05) is 10.0 Å². The van der Waals surface area contributed by atoms with Gasteiger partial charge in [0.25, 0.3) is 0 Å². The second kappa shape index (κ2) is 2.51. The maximum absolute atomic E-state index is 5.64. The van der Waals surface area contributed by atoms with E-state index in [1.165, 1.54) is 0 Å². The van der Waals surface area contributed by atoms with Gasteiger partial charge in [-0.1, -0.05) is 29.3 Å². The van der Waals surface area contributed by atoms with Gasteiger partial charge in [-0.15, -0.1) is 6.07 Å². The Balaban J connectivity index is 3.17. The zero-order valence-corrected chi connectivity index (χ0v) is 6.21. The highest BCUT2D eigenvalue weighted by Crippen LogP contribution is 2.21. The summed E-state index contributed by atoms with van der Waals surface area (Å²) in [5.41, 5.74) is 0.879. The Kier molecular flexibility index (Phi) is 1.89. The van der Waals surface area contributed by atoms with Gasteiger partial charge in [-0.25, -0.2) is 0 Å². The van der Waals surface area contributed by atoms with Crippen LogP contribution in [0.5, 0.6) is 0 Å². The molecule has 0 spiro atoms. The SMILES string of the molecule is [CH2-]c1ccc(Cl)c(Cl)c1. The van der Waals surface area contributed by atoms with Gasteiger partial charge in [0.1, 0.15) is 0 Å². The molecule has 1 aromatic carbocycles. The summed E-state index contributed by atoms with van der Waals surface area (Å²) in [5, 5.41) is 1.13. The van der Waals surface area contributed by atoms with Crippen molar-refractivity contribution < 1.29 is 0 Å². The highest BCUT2D eigenvalue weighted by Gasteiger charge is 1.87. The topological polar surface area (TPSA) is 0 Å². The Morgan fingerprint density at radius 1 is 1.11 bits per heavy atom. The monoisotopic (exact) mass is 159 g/mol. The highest BCUT2D eigenvalue weighted by molar-refractivity contribution is 6.42. The molecule has 0 heterocycles. The lowest BCUT2D eigenvalue weighted by Crippen LogP contribution is -1.70. The average Bonchev–Trinajstić information content (AvgIpc) is 1.80. The van der Waals surface area contributed by atoms with E-state index in [9.17, 15) is 0 Å². The van der Waals surface area contributed by atoms with Crippen molar-refractivity contribution in [3.63, 3.8) is 0 Å². The molecule has 9 heavy (non-hydrogen) atoms. The third-order valence-electron chi connectivity index (χ3n) is 0.984. The maximum Gasteiger partial charge on any atom is 0.0348 e. The first-order valence-electron chi connectivity index (χ1n) is 2.47. The van der Waals surface area contributed by atoms with E-state index in [1.54, 1.807) is 12.1 Å². The molecule has 0 aliphatic carbocycles. The molecule has 0 unspecified atom stereocenters. The first kappa shape index (κ1) is 6.79. The second-order valence-electron chi connectivity index (χ2n) is 1.75. The fraction of sp³-hybridized carbons (Fsp3) is 0. The molecule has 2 heteroatoms. The first-order chi connectivity index (χ1) is 4.20. The molecule has 0 atom stereocenters. The molecular weight excluding hydrogens is 155 g/mol. The quantitative estimate of drug-likeness (QED) is 0.511. The van der Waals surface area contributed by atoms with Crippen LogP contribution in [0, 0.1) is 6.92 Å². The Morgan fingerprint density at radius 2 is 1.78 bits per heavy atom. The van der Waals surface area contributed by atoms with Crippen molar-refractivity contribution >= 4 is 23.2 Å². The van der Waals surface area contributed by atoms with Crippen LogP contribution < -0.4 is 0 Å². The molecule has 48 valence electrons. The van der Waals surface area contributed by atoms with Crippen LogP contribution in [0.3, 0.4) is 0 Å². The summed E-state index contributed by atoms with van der Waals surface area (Å²) in [7, 11) is 0. The minimum Gasteiger partial charge on any atom is -0.199 e. The highest BCUT2D eigenvalue weighted by atomic mass is 35.5. The molecule has 0 radical (unpaired) electrons. The lowest BCUT2D eigenvalue weighted by atomic mass is 10.2. The maximum atomic E-state index is 5.64. The van der Waals surface area contributed by atoms with Crippen molar-refractivity contribution in [1.82, 2.24) is 0 Å². The number of hydrogen-bond acceptors (Lipinski definition) is 0. The Morgan fingerprint density at radius 3 is 2.22 bits per heavy atom. The smallest absolute Gasteiger partial charge is 0.0348 e. The van der Waals surface area contributed by atoms with Crippen LogP contribution in [0.15, 0.2) is 18.2 Å². The minimum absolute atomic E-state index is 0.559. The van der Waals surface area contributed by atoms with Crippen molar-refractivity contribution in [2.45, 2.75) is 0 Å². The number of hydrogen-bond donors (Lipinski definition) is 0. The molecule has 0 aliphatic heterocycles. The second-order valence-corrected chi connectivity index (χ2v) is 2.56. The third-order valence-corrected chi connectivity index (χ3v) is 1.72. The molecule has 0 bridgehead atoms. The van der Waals surface area contributed by atoms with Crippen molar-refractivity contribution in [2.75, 3.05) is 0 Å². The van der Waals surface area contributed by atoms with Crippen LogP contribution >= 0.6 is 23.2 Å². The predicted octanol–water partition coefficient (Wildman–Crippen LogP) is 3.18. The van der Waals surface area contributed by atoms with Gasteiger partial charge in [0.05, 0.1) is 0 Å². The summed E-state index contributed by atoms with van der Waals surface area (Å²) < 4.78 is 0. The zero-order chi connectivity index (χ0) is 6.85. The summed E-state index contributed by atoms with van der Waals surface area (Å²) in [4.78, 5) is 0. The number of benzene rings is 1. The number of rotatable bonds is 0. The van der Waals surface area contributed by atoms with E-state index >= 15 is 0 Å². The van der Waals surface area contributed by atoms with Crippen molar-refractivity contribution in [3.05, 3.63) is 40.7 Å². The third kappa shape index (κ3) is 1.54. The van der Waals surface area contributed by atoms with Crippen molar-refractivity contribution in [3.8, 4) is 0 Å². The molecule has 0 N–H and O–H groups in total. The molecule has 1 rings (SSSR count). The molecular formula is C7H5Cl2-. The lowest BCUT2D eigenvalue weighted by Gasteiger charge is -2.02. The van der Waals surface area contributed by atoms with Crippen LogP contribution in [-0.4, -0.2) is 0 Å². The summed E-state index contributed by atoms with van der Waals surface area (Å²) >= 11 is 11.3. The minimum atomic E-state index is 0.559. The predicted molar refractivity (Wildman–Crippen MR) is 40.9 cm³/mol. The van der Waals surface area contributed by atoms with Gasteiger partial charge in [0.2, 0.25) is 0 Å². The average molecular weight is 160 g/mol. The van der Waals surface area contributed by atoms with Crippen LogP contribution in [0.25, 0.3) is 0 Å². The van der Waals surface area contributed by atoms with E-state index < -0.39 is 0 Å². The van der Waals surface area contributed by atoms with Gasteiger partial charge in [0.15, 0.2) is 0 Å². The van der Waals surface area contributed by atoms with E-state index in [0.717, 1.165) is 5.56 Å². The molecule has 0 nitrogen and oxygen atoms in total. The van der Waals surface area contributed by atoms with Crippen LogP contribution in [0.1, 0.15) is 5.56 Å². The molecule has 0 fully saturated rings. The number of halogens is 2. The summed E-state index contributed by atoms with van der Waals surface area (Å²) in [6.45, 7) is 3.68. The van der Waals surface area contributed by atoms with Gasteiger partial charge in [-0.2, -0.15) is 18.6 Å². The van der Waals surface area contributed by atoms with Gasteiger partial charge >= 0.3 is 0 Å². The molecule has 0 saturated heterocycles. The normalized spacial score (nSPS) is 9.56. The van der Waals surface area contributed by atoms with Gasteiger partial charge in [-0.05, 0) is 0 Å². The Bertz CT molecular complexity index is 218. The molecule has 1 aromatic rings. The summed E-state index contributed by atoms with van der Waals surface area (Å²) in [6, 6.07) is 5.27. The Hall–Kier alpha value is -0.330. The fourth-order valence-electron chi connectivity index (χ4n) is 0.540. The van der Waals surface area contributed by atoms with Crippen molar-refractivity contribution in [2.24, 2.45) is 0 Å². The lowest BCUT2D eigenvalue weighted by molar-refractivity contribution is 1.61. The molecule has 0 aromatic heterocycles. The van der Waals surface area contributed by atoms with E-state index in [2.05, 4.69) is 6.92 Å². The van der Waals surface area contributed by atoms with Gasteiger partial charge < -0.3 is 0 Å². The fourth-order valence-corrected chi connectivity index (χ4v) is 0.860. The standard InChI is InChI=1S/C7H5Cl2/c1-5-2-3-6(8)7(9)4-5/h2-4H,1H2/q-1. The first-order valence-corrected chi connectivity index (χ1v) is 3.23. The van der Waals surface area contributed by atoms with E-state index in [-0.39, 0.29) is 0 Å². The van der Waals surface area contributed by atoms with Crippen molar-refractivity contribution in [1.29, 1.82) is 0 Å². The largest absolute Gasteiger partial charge is 0.199 e. The molecule has 0 aliphatic rings. The summed E-state index contributed by atoms with van der Waals surface area (Å²) in [6.07, 6.45) is 0. The summed E-state index contributed by atoms with van der Waals surface area (Å²) in [5.74, 6) is 0. The van der Waals surface area contributed by atoms with Crippen LogP contribution in [0.2, 0.25) is 10.0 Å². The molecule has 0 saturated carbocycles. The zero-order valence-electron chi connectivity index (χ0n) is 4.70. The van der Waals surface area contributed by atoms with Gasteiger partial charge in [-0.3, -0.25) is 0 Å². The van der Waals surface area contributed by atoms with E-state index in [1.807, 2.05) is 6.07 Å². The van der Waals surface area contributed by atoms with E-state index in [0.29, 0.717) is 10.0 Å². The van der Waals surface area contributed by atoms with Crippen LogP contribution in [-0.2, 0) is 0 Å². The Labute approximate surface area is 64.4 Å². The molecule has 0 amide bonds.